The van der Waals surface area contributed by atoms with Crippen LogP contribution < -0.4 is 0 Å². The average Bonchev–Trinajstić information content (AvgIpc) is 2.05. The standard InChI is InChI=1S/C10H11BrF3N/c1-15(2)6-7-3-4-8(5-9(7)11)10(12,13)14/h3-5H,6H2,1-2H3. The summed E-state index contributed by atoms with van der Waals surface area (Å²) in [6.45, 7) is 0.610. The first-order valence-electron chi connectivity index (χ1n) is 4.31. The number of benzene rings is 1. The fourth-order valence-corrected chi connectivity index (χ4v) is 1.70. The summed E-state index contributed by atoms with van der Waals surface area (Å²) in [5.74, 6) is 0. The van der Waals surface area contributed by atoms with Crippen LogP contribution in [0.15, 0.2) is 22.7 Å². The highest BCUT2D eigenvalue weighted by atomic mass is 79.9. The van der Waals surface area contributed by atoms with E-state index in [0.717, 1.165) is 17.7 Å². The molecule has 0 saturated carbocycles. The maximum atomic E-state index is 12.3. The fourth-order valence-electron chi connectivity index (χ4n) is 1.19. The molecular formula is C10H11BrF3N. The monoisotopic (exact) mass is 281 g/mol. The zero-order valence-electron chi connectivity index (χ0n) is 8.40. The summed E-state index contributed by atoms with van der Waals surface area (Å²) >= 11 is 3.14. The van der Waals surface area contributed by atoms with Crippen LogP contribution in [0.4, 0.5) is 13.2 Å². The minimum Gasteiger partial charge on any atom is -0.305 e. The average molecular weight is 282 g/mol. The van der Waals surface area contributed by atoms with E-state index in [9.17, 15) is 13.2 Å². The Kier molecular flexibility index (Phi) is 3.78. The van der Waals surface area contributed by atoms with Gasteiger partial charge < -0.3 is 4.90 Å². The summed E-state index contributed by atoms with van der Waals surface area (Å²) in [7, 11) is 3.73. The van der Waals surface area contributed by atoms with Crippen molar-refractivity contribution in [2.45, 2.75) is 12.7 Å². The van der Waals surface area contributed by atoms with Crippen LogP contribution in [0.5, 0.6) is 0 Å². The van der Waals surface area contributed by atoms with Crippen molar-refractivity contribution in [3.05, 3.63) is 33.8 Å². The van der Waals surface area contributed by atoms with Crippen LogP contribution in [-0.4, -0.2) is 19.0 Å². The summed E-state index contributed by atoms with van der Waals surface area (Å²) in [6.07, 6.45) is -4.28. The molecule has 84 valence electrons. The Balaban J connectivity index is 2.98. The molecule has 0 aliphatic heterocycles. The SMILES string of the molecule is CN(C)Cc1ccc(C(F)(F)F)cc1Br. The lowest BCUT2D eigenvalue weighted by molar-refractivity contribution is -0.137. The second-order valence-electron chi connectivity index (χ2n) is 3.54. The van der Waals surface area contributed by atoms with E-state index < -0.39 is 11.7 Å². The molecule has 0 radical (unpaired) electrons. The van der Waals surface area contributed by atoms with Crippen molar-refractivity contribution in [3.63, 3.8) is 0 Å². The minimum absolute atomic E-state index is 0.492. The molecule has 1 aromatic carbocycles. The third kappa shape index (κ3) is 3.50. The molecule has 0 fully saturated rings. The van der Waals surface area contributed by atoms with Gasteiger partial charge in [-0.25, -0.2) is 0 Å². The molecule has 0 atom stereocenters. The molecule has 5 heteroatoms. The molecule has 0 heterocycles. The number of alkyl halides is 3. The molecule has 15 heavy (non-hydrogen) atoms. The Morgan fingerprint density at radius 2 is 1.87 bits per heavy atom. The van der Waals surface area contributed by atoms with E-state index in [2.05, 4.69) is 15.9 Å². The van der Waals surface area contributed by atoms with E-state index in [1.54, 1.807) is 0 Å². The topological polar surface area (TPSA) is 3.24 Å². The van der Waals surface area contributed by atoms with Gasteiger partial charge in [0.05, 0.1) is 5.56 Å². The lowest BCUT2D eigenvalue weighted by atomic mass is 10.1. The Labute approximate surface area is 95.0 Å². The molecule has 0 spiro atoms. The normalized spacial score (nSPS) is 12.2. The largest absolute Gasteiger partial charge is 0.416 e. The third-order valence-corrected chi connectivity index (χ3v) is 2.61. The van der Waals surface area contributed by atoms with Crippen LogP contribution in [-0.2, 0) is 12.7 Å². The van der Waals surface area contributed by atoms with Crippen molar-refractivity contribution < 1.29 is 13.2 Å². The van der Waals surface area contributed by atoms with Crippen molar-refractivity contribution in [3.8, 4) is 0 Å². The van der Waals surface area contributed by atoms with Crippen molar-refractivity contribution in [1.29, 1.82) is 0 Å². The maximum Gasteiger partial charge on any atom is 0.416 e. The predicted octanol–water partition coefficient (Wildman–Crippen LogP) is 3.53. The molecule has 1 nitrogen and oxygen atoms in total. The van der Waals surface area contributed by atoms with Gasteiger partial charge in [0, 0.05) is 11.0 Å². The number of nitrogens with zero attached hydrogens (tertiary/aromatic N) is 1. The fraction of sp³-hybridized carbons (Fsp3) is 0.400. The van der Waals surface area contributed by atoms with Crippen molar-refractivity contribution in [1.82, 2.24) is 4.90 Å². The van der Waals surface area contributed by atoms with E-state index >= 15 is 0 Å². The number of hydrogen-bond donors (Lipinski definition) is 0. The first kappa shape index (κ1) is 12.5. The first-order chi connectivity index (χ1) is 6.80. The summed E-state index contributed by atoms with van der Waals surface area (Å²) in [5.41, 5.74) is 0.213. The van der Waals surface area contributed by atoms with Crippen LogP contribution in [0.1, 0.15) is 11.1 Å². The molecule has 1 aromatic rings. The summed E-state index contributed by atoms with van der Waals surface area (Å²) in [6, 6.07) is 3.70. The second kappa shape index (κ2) is 4.53. The second-order valence-corrected chi connectivity index (χ2v) is 4.40. The van der Waals surface area contributed by atoms with E-state index in [4.69, 9.17) is 0 Å². The minimum atomic E-state index is -4.28. The highest BCUT2D eigenvalue weighted by Gasteiger charge is 2.30. The van der Waals surface area contributed by atoms with Gasteiger partial charge in [-0.3, -0.25) is 0 Å². The van der Waals surface area contributed by atoms with Crippen molar-refractivity contribution in [2.24, 2.45) is 0 Å². The summed E-state index contributed by atoms with van der Waals surface area (Å²) in [5, 5.41) is 0. The van der Waals surface area contributed by atoms with Crippen LogP contribution >= 0.6 is 15.9 Å². The van der Waals surface area contributed by atoms with Gasteiger partial charge in [0.1, 0.15) is 0 Å². The van der Waals surface area contributed by atoms with Crippen LogP contribution in [0.3, 0.4) is 0 Å². The van der Waals surface area contributed by atoms with Crippen LogP contribution in [0.25, 0.3) is 0 Å². The molecule has 0 unspecified atom stereocenters. The number of hydrogen-bond acceptors (Lipinski definition) is 1. The van der Waals surface area contributed by atoms with Gasteiger partial charge in [-0.05, 0) is 31.8 Å². The quantitative estimate of drug-likeness (QED) is 0.802. The summed E-state index contributed by atoms with van der Waals surface area (Å²) in [4.78, 5) is 1.90. The van der Waals surface area contributed by atoms with Crippen LogP contribution in [0.2, 0.25) is 0 Å². The Morgan fingerprint density at radius 3 is 2.27 bits per heavy atom. The Hall–Kier alpha value is -0.550. The van der Waals surface area contributed by atoms with Gasteiger partial charge >= 0.3 is 6.18 Å². The van der Waals surface area contributed by atoms with Crippen molar-refractivity contribution in [2.75, 3.05) is 14.1 Å². The molecule has 0 N–H and O–H groups in total. The molecular weight excluding hydrogens is 271 g/mol. The molecule has 0 aliphatic carbocycles. The highest BCUT2D eigenvalue weighted by molar-refractivity contribution is 9.10. The predicted molar refractivity (Wildman–Crippen MR) is 56.5 cm³/mol. The van der Waals surface area contributed by atoms with E-state index in [-0.39, 0.29) is 0 Å². The van der Waals surface area contributed by atoms with E-state index in [0.29, 0.717) is 11.0 Å². The van der Waals surface area contributed by atoms with Crippen LogP contribution in [0, 0.1) is 0 Å². The number of halogens is 4. The summed E-state index contributed by atoms with van der Waals surface area (Å²) < 4.78 is 37.5. The Morgan fingerprint density at radius 1 is 1.27 bits per heavy atom. The maximum absolute atomic E-state index is 12.3. The van der Waals surface area contributed by atoms with Crippen molar-refractivity contribution >= 4 is 15.9 Å². The molecule has 1 rings (SSSR count). The van der Waals surface area contributed by atoms with Gasteiger partial charge in [-0.2, -0.15) is 13.2 Å². The Bertz CT molecular complexity index is 347. The third-order valence-electron chi connectivity index (χ3n) is 1.87. The molecule has 0 saturated heterocycles. The molecule has 0 aromatic heterocycles. The van der Waals surface area contributed by atoms with Gasteiger partial charge in [0.25, 0.3) is 0 Å². The first-order valence-corrected chi connectivity index (χ1v) is 5.10. The smallest absolute Gasteiger partial charge is 0.305 e. The molecule has 0 bridgehead atoms. The highest BCUT2D eigenvalue weighted by Crippen LogP contribution is 2.32. The lowest BCUT2D eigenvalue weighted by Crippen LogP contribution is -2.12. The van der Waals surface area contributed by atoms with Gasteiger partial charge in [-0.1, -0.05) is 22.0 Å². The van der Waals surface area contributed by atoms with E-state index in [1.165, 1.54) is 6.07 Å². The zero-order valence-corrected chi connectivity index (χ0v) is 9.98. The van der Waals surface area contributed by atoms with Gasteiger partial charge in [-0.15, -0.1) is 0 Å². The molecule has 0 amide bonds. The van der Waals surface area contributed by atoms with Gasteiger partial charge in [0.2, 0.25) is 0 Å². The molecule has 0 aliphatic rings. The van der Waals surface area contributed by atoms with E-state index in [1.807, 2.05) is 19.0 Å². The zero-order chi connectivity index (χ0) is 11.6. The lowest BCUT2D eigenvalue weighted by Gasteiger charge is -2.13. The number of rotatable bonds is 2. The van der Waals surface area contributed by atoms with Gasteiger partial charge in [0.15, 0.2) is 0 Å².